The third-order valence-electron chi connectivity index (χ3n) is 2.54. The van der Waals surface area contributed by atoms with E-state index < -0.39 is 0 Å². The first-order chi connectivity index (χ1) is 8.76. The maximum atomic E-state index is 5.87. The Hall–Kier alpha value is -0.820. The van der Waals surface area contributed by atoms with Crippen LogP contribution in [0.4, 0.5) is 5.69 Å². The maximum absolute atomic E-state index is 5.87. The second-order valence-corrected chi connectivity index (χ2v) is 5.95. The molecule has 1 aromatic rings. The van der Waals surface area contributed by atoms with Crippen LogP contribution in [0, 0.1) is 13.8 Å². The molecule has 0 atom stereocenters. The van der Waals surface area contributed by atoms with Crippen molar-refractivity contribution in [3.63, 3.8) is 0 Å². The first kappa shape index (κ1) is 19.2. The molecule has 0 unspecified atom stereocenters. The minimum Gasteiger partial charge on any atom is -0.370 e. The quantitative estimate of drug-likeness (QED) is 0.321. The van der Waals surface area contributed by atoms with Gasteiger partial charge in [0.25, 0.3) is 0 Å². The number of nitrogens with two attached hydrogens (primary N) is 1. The molecular formula is C15H27IN4. The summed E-state index contributed by atoms with van der Waals surface area (Å²) in [4.78, 5) is 4.30. The molecule has 0 saturated heterocycles. The fourth-order valence-electron chi connectivity index (χ4n) is 1.84. The van der Waals surface area contributed by atoms with Gasteiger partial charge in [0.05, 0.1) is 6.54 Å². The predicted octanol–water partition coefficient (Wildman–Crippen LogP) is 3.04. The minimum atomic E-state index is 0. The summed E-state index contributed by atoms with van der Waals surface area (Å²) >= 11 is 0. The average molecular weight is 390 g/mol. The summed E-state index contributed by atoms with van der Waals surface area (Å²) in [5.41, 5.74) is 9.40. The molecule has 1 aromatic carbocycles. The van der Waals surface area contributed by atoms with Crippen LogP contribution in [-0.2, 0) is 0 Å². The van der Waals surface area contributed by atoms with E-state index in [1.54, 1.807) is 0 Å². The number of anilines is 1. The van der Waals surface area contributed by atoms with Crippen molar-refractivity contribution in [3.8, 4) is 0 Å². The van der Waals surface area contributed by atoms with Crippen LogP contribution in [0.25, 0.3) is 0 Å². The Labute approximate surface area is 139 Å². The summed E-state index contributed by atoms with van der Waals surface area (Å²) in [6.07, 6.45) is 0. The summed E-state index contributed by atoms with van der Waals surface area (Å²) in [6.45, 7) is 12.0. The van der Waals surface area contributed by atoms with Crippen LogP contribution >= 0.6 is 24.0 Å². The number of guanidine groups is 1. The Balaban J connectivity index is 0.00000361. The molecule has 0 aliphatic rings. The topological polar surface area (TPSA) is 62.4 Å². The lowest BCUT2D eigenvalue weighted by atomic mass is 10.1. The number of hydrogen-bond donors (Lipinski definition) is 3. The van der Waals surface area contributed by atoms with Gasteiger partial charge in [0.15, 0.2) is 5.96 Å². The number of nitrogens with zero attached hydrogens (tertiary/aromatic N) is 1. The van der Waals surface area contributed by atoms with E-state index in [1.165, 1.54) is 11.1 Å². The summed E-state index contributed by atoms with van der Waals surface area (Å²) < 4.78 is 0. The van der Waals surface area contributed by atoms with Crippen LogP contribution in [0.5, 0.6) is 0 Å². The van der Waals surface area contributed by atoms with Gasteiger partial charge in [-0.3, -0.25) is 4.99 Å². The molecule has 0 aromatic heterocycles. The van der Waals surface area contributed by atoms with E-state index in [9.17, 15) is 0 Å². The lowest BCUT2D eigenvalue weighted by Gasteiger charge is -2.19. The monoisotopic (exact) mass is 390 g/mol. The lowest BCUT2D eigenvalue weighted by molar-refractivity contribution is 0.433. The molecule has 4 nitrogen and oxygen atoms in total. The van der Waals surface area contributed by atoms with Crippen LogP contribution in [-0.4, -0.2) is 24.6 Å². The van der Waals surface area contributed by atoms with E-state index in [1.807, 2.05) is 0 Å². The van der Waals surface area contributed by atoms with Crippen molar-refractivity contribution in [2.45, 2.75) is 40.2 Å². The molecule has 0 radical (unpaired) electrons. The highest BCUT2D eigenvalue weighted by Crippen LogP contribution is 2.13. The molecule has 0 saturated carbocycles. The van der Waals surface area contributed by atoms with Crippen LogP contribution in [0.3, 0.4) is 0 Å². The molecule has 4 N–H and O–H groups in total. The van der Waals surface area contributed by atoms with E-state index in [0.29, 0.717) is 12.5 Å². The zero-order chi connectivity index (χ0) is 14.5. The molecule has 0 amide bonds. The molecule has 0 spiro atoms. The van der Waals surface area contributed by atoms with Crippen molar-refractivity contribution >= 4 is 35.6 Å². The number of hydrogen-bond acceptors (Lipinski definition) is 2. The summed E-state index contributed by atoms with van der Waals surface area (Å²) in [7, 11) is 0. The summed E-state index contributed by atoms with van der Waals surface area (Å²) in [5.74, 6) is 0.459. The normalized spacial score (nSPS) is 11.9. The second kappa shape index (κ2) is 8.46. The second-order valence-electron chi connectivity index (χ2n) is 5.95. The fraction of sp³-hybridized carbons (Fsp3) is 0.533. The van der Waals surface area contributed by atoms with E-state index in [-0.39, 0.29) is 29.5 Å². The van der Waals surface area contributed by atoms with Crippen molar-refractivity contribution in [2.75, 3.05) is 18.4 Å². The molecule has 0 bridgehead atoms. The third kappa shape index (κ3) is 8.37. The zero-order valence-electron chi connectivity index (χ0n) is 13.1. The van der Waals surface area contributed by atoms with Crippen LogP contribution in [0.15, 0.2) is 23.2 Å². The fourth-order valence-corrected chi connectivity index (χ4v) is 1.84. The van der Waals surface area contributed by atoms with E-state index >= 15 is 0 Å². The first-order valence-electron chi connectivity index (χ1n) is 6.66. The van der Waals surface area contributed by atoms with E-state index in [4.69, 9.17) is 5.73 Å². The van der Waals surface area contributed by atoms with Crippen molar-refractivity contribution in [1.82, 2.24) is 5.32 Å². The van der Waals surface area contributed by atoms with Crippen molar-refractivity contribution < 1.29 is 0 Å². The van der Waals surface area contributed by atoms with Gasteiger partial charge >= 0.3 is 0 Å². The van der Waals surface area contributed by atoms with Crippen molar-refractivity contribution in [1.29, 1.82) is 0 Å². The highest BCUT2D eigenvalue weighted by Gasteiger charge is 2.06. The largest absolute Gasteiger partial charge is 0.370 e. The SMILES string of the molecule is Cc1cc(C)cc(NC(N)=NCCNC(C)(C)C)c1.I. The zero-order valence-corrected chi connectivity index (χ0v) is 15.4. The third-order valence-corrected chi connectivity index (χ3v) is 2.54. The maximum Gasteiger partial charge on any atom is 0.193 e. The highest BCUT2D eigenvalue weighted by molar-refractivity contribution is 14.0. The van der Waals surface area contributed by atoms with Gasteiger partial charge in [0, 0.05) is 17.8 Å². The smallest absolute Gasteiger partial charge is 0.193 e. The number of rotatable bonds is 4. The van der Waals surface area contributed by atoms with Crippen molar-refractivity contribution in [3.05, 3.63) is 29.3 Å². The van der Waals surface area contributed by atoms with Gasteiger partial charge in [-0.25, -0.2) is 0 Å². The number of nitrogens with one attached hydrogen (secondary N) is 2. The Morgan fingerprint density at radius 2 is 1.70 bits per heavy atom. The van der Waals surface area contributed by atoms with Crippen molar-refractivity contribution in [2.24, 2.45) is 10.7 Å². The molecule has 20 heavy (non-hydrogen) atoms. The van der Waals surface area contributed by atoms with E-state index in [2.05, 4.69) is 68.4 Å². The molecule has 1 rings (SSSR count). The molecule has 5 heteroatoms. The number of benzene rings is 1. The Kier molecular flexibility index (Phi) is 8.12. The summed E-state index contributed by atoms with van der Waals surface area (Å²) in [5, 5.41) is 6.49. The van der Waals surface area contributed by atoms with Gasteiger partial charge in [0.1, 0.15) is 0 Å². The average Bonchev–Trinajstić information content (AvgIpc) is 2.21. The standard InChI is InChI=1S/C15H26N4.HI/c1-11-8-12(2)10-13(9-11)19-14(16)17-6-7-18-15(3,4)5;/h8-10,18H,6-7H2,1-5H3,(H3,16,17,19);1H. The number of aliphatic imine (C=N–C) groups is 1. The Morgan fingerprint density at radius 1 is 1.15 bits per heavy atom. The van der Waals surface area contributed by atoms with Gasteiger partial charge in [-0.1, -0.05) is 6.07 Å². The predicted molar refractivity (Wildman–Crippen MR) is 99.2 cm³/mol. The van der Waals surface area contributed by atoms with Gasteiger partial charge in [-0.05, 0) is 57.9 Å². The van der Waals surface area contributed by atoms with Gasteiger partial charge in [-0.15, -0.1) is 24.0 Å². The minimum absolute atomic E-state index is 0. The van der Waals surface area contributed by atoms with Crippen LogP contribution < -0.4 is 16.4 Å². The van der Waals surface area contributed by atoms with Crippen LogP contribution in [0.2, 0.25) is 0 Å². The molecule has 0 aliphatic heterocycles. The number of aryl methyl sites for hydroxylation is 2. The van der Waals surface area contributed by atoms with Gasteiger partial charge < -0.3 is 16.4 Å². The first-order valence-corrected chi connectivity index (χ1v) is 6.66. The molecular weight excluding hydrogens is 363 g/mol. The van der Waals surface area contributed by atoms with Gasteiger partial charge in [-0.2, -0.15) is 0 Å². The van der Waals surface area contributed by atoms with Crippen LogP contribution in [0.1, 0.15) is 31.9 Å². The number of halogens is 1. The summed E-state index contributed by atoms with van der Waals surface area (Å²) in [6, 6.07) is 6.25. The lowest BCUT2D eigenvalue weighted by Crippen LogP contribution is -2.37. The molecule has 0 aliphatic carbocycles. The Morgan fingerprint density at radius 3 is 2.20 bits per heavy atom. The Bertz CT molecular complexity index is 429. The molecule has 0 fully saturated rings. The van der Waals surface area contributed by atoms with E-state index in [0.717, 1.165) is 12.2 Å². The van der Waals surface area contributed by atoms with Gasteiger partial charge in [0.2, 0.25) is 0 Å². The highest BCUT2D eigenvalue weighted by atomic mass is 127. The molecule has 114 valence electrons. The molecule has 0 heterocycles.